The number of carboxylic acid groups (broad SMARTS) is 1. The number of fused-ring (bicyclic) bond motifs is 1. The second-order valence-corrected chi connectivity index (χ2v) is 6.33. The normalized spacial score (nSPS) is 10.9. The second-order valence-electron chi connectivity index (χ2n) is 5.39. The number of thioether (sulfide) groups is 1. The number of carboxylic acids is 1. The zero-order chi connectivity index (χ0) is 18.1. The zero-order valence-corrected chi connectivity index (χ0v) is 14.0. The van der Waals surface area contributed by atoms with E-state index < -0.39 is 5.97 Å². The molecule has 26 heavy (non-hydrogen) atoms. The Morgan fingerprint density at radius 2 is 2.15 bits per heavy atom. The first-order valence-corrected chi connectivity index (χ1v) is 8.51. The Hall–Kier alpha value is -3.51. The molecule has 4 rings (SSSR count). The smallest absolute Gasteiger partial charge is 0.313 e. The third-order valence-electron chi connectivity index (χ3n) is 3.72. The largest absolute Gasteiger partial charge is 0.481 e. The van der Waals surface area contributed by atoms with Crippen LogP contribution in [0, 0.1) is 11.3 Å². The van der Waals surface area contributed by atoms with E-state index in [0.29, 0.717) is 28.1 Å². The van der Waals surface area contributed by atoms with Crippen molar-refractivity contribution in [3.8, 4) is 29.0 Å². The number of rotatable bonds is 5. The Morgan fingerprint density at radius 1 is 1.31 bits per heavy atom. The third-order valence-corrected chi connectivity index (χ3v) is 4.55. The molecule has 9 heteroatoms. The summed E-state index contributed by atoms with van der Waals surface area (Å²) in [4.78, 5) is 17.9. The van der Waals surface area contributed by atoms with Gasteiger partial charge in [0.15, 0.2) is 11.6 Å². The molecule has 1 aromatic carbocycles. The van der Waals surface area contributed by atoms with Crippen molar-refractivity contribution in [2.24, 2.45) is 0 Å². The predicted octanol–water partition coefficient (Wildman–Crippen LogP) is 3.26. The number of hydrogen-bond acceptors (Lipinski definition) is 6. The molecule has 3 aromatic heterocycles. The summed E-state index contributed by atoms with van der Waals surface area (Å²) in [5, 5.41) is 25.7. The molecule has 0 aliphatic rings. The number of nitriles is 1. The molecular formula is C17H11N5O3S. The molecule has 3 N–H and O–H groups in total. The molecule has 0 spiro atoms. The van der Waals surface area contributed by atoms with E-state index in [1.165, 1.54) is 0 Å². The molecule has 0 radical (unpaired) electrons. The number of nitrogens with zero attached hydrogens (tertiary/aromatic N) is 3. The molecule has 0 atom stereocenters. The maximum atomic E-state index is 10.6. The van der Waals surface area contributed by atoms with Gasteiger partial charge >= 0.3 is 5.97 Å². The van der Waals surface area contributed by atoms with Gasteiger partial charge < -0.3 is 14.5 Å². The average molecular weight is 365 g/mol. The highest BCUT2D eigenvalue weighted by Crippen LogP contribution is 2.30. The lowest BCUT2D eigenvalue weighted by molar-refractivity contribution is -0.133. The van der Waals surface area contributed by atoms with Crippen molar-refractivity contribution in [2.45, 2.75) is 5.16 Å². The van der Waals surface area contributed by atoms with E-state index in [4.69, 9.17) is 14.8 Å². The molecule has 4 aromatic rings. The van der Waals surface area contributed by atoms with Gasteiger partial charge in [0.25, 0.3) is 0 Å². The Labute approximate surface area is 150 Å². The van der Waals surface area contributed by atoms with E-state index in [2.05, 4.69) is 26.2 Å². The fourth-order valence-electron chi connectivity index (χ4n) is 2.54. The molecule has 3 heterocycles. The van der Waals surface area contributed by atoms with Crippen LogP contribution in [0.4, 0.5) is 0 Å². The van der Waals surface area contributed by atoms with Crippen LogP contribution < -0.4 is 0 Å². The lowest BCUT2D eigenvalue weighted by Crippen LogP contribution is -1.97. The highest BCUT2D eigenvalue weighted by molar-refractivity contribution is 7.99. The Kier molecular flexibility index (Phi) is 3.95. The fraction of sp³-hybridized carbons (Fsp3) is 0.0588. The summed E-state index contributed by atoms with van der Waals surface area (Å²) in [6.45, 7) is 0. The third kappa shape index (κ3) is 2.94. The van der Waals surface area contributed by atoms with Crippen molar-refractivity contribution in [3.05, 3.63) is 42.1 Å². The van der Waals surface area contributed by atoms with E-state index in [9.17, 15) is 4.79 Å². The van der Waals surface area contributed by atoms with Crippen LogP contribution in [0.5, 0.6) is 0 Å². The molecule has 0 saturated heterocycles. The number of H-pyrrole nitrogens is 2. The molecule has 0 aliphatic heterocycles. The van der Waals surface area contributed by atoms with Crippen LogP contribution >= 0.6 is 11.8 Å². The van der Waals surface area contributed by atoms with Gasteiger partial charge in [-0.05, 0) is 18.2 Å². The first-order chi connectivity index (χ1) is 12.6. The maximum absolute atomic E-state index is 10.6. The van der Waals surface area contributed by atoms with Gasteiger partial charge in [-0.25, -0.2) is 0 Å². The van der Waals surface area contributed by atoms with Crippen molar-refractivity contribution in [1.82, 2.24) is 20.2 Å². The van der Waals surface area contributed by atoms with E-state index in [1.54, 1.807) is 12.3 Å². The van der Waals surface area contributed by atoms with Crippen molar-refractivity contribution in [1.29, 1.82) is 5.26 Å². The minimum absolute atomic E-state index is 0.110. The van der Waals surface area contributed by atoms with Crippen LogP contribution in [0.3, 0.4) is 0 Å². The standard InChI is InChI=1S/C17H11N5O3S/c18-6-10-7-19-12-5-9(1-2-11(10)12)13-3-4-14(25-13)16-20-17(22-21-16)26-8-15(23)24/h1-5,7,19H,8H2,(H,23,24)(H,20,21,22). The SMILES string of the molecule is N#Cc1c[nH]c2cc(-c3ccc(-c4nc(SCC(=O)O)n[nH]4)o3)ccc12. The summed E-state index contributed by atoms with van der Waals surface area (Å²) in [6, 6.07) is 11.4. The minimum atomic E-state index is -0.930. The van der Waals surface area contributed by atoms with Crippen LogP contribution in [0.1, 0.15) is 5.56 Å². The number of benzene rings is 1. The zero-order valence-electron chi connectivity index (χ0n) is 13.2. The molecule has 0 aliphatic carbocycles. The van der Waals surface area contributed by atoms with E-state index in [1.807, 2.05) is 24.3 Å². The molecule has 0 amide bonds. The Bertz CT molecular complexity index is 1150. The summed E-state index contributed by atoms with van der Waals surface area (Å²) in [6.07, 6.45) is 1.67. The minimum Gasteiger partial charge on any atom is -0.481 e. The van der Waals surface area contributed by atoms with Crippen LogP contribution in [-0.2, 0) is 4.79 Å². The predicted molar refractivity (Wildman–Crippen MR) is 94.5 cm³/mol. The first-order valence-electron chi connectivity index (χ1n) is 7.53. The highest BCUT2D eigenvalue weighted by Gasteiger charge is 2.13. The fourth-order valence-corrected chi connectivity index (χ4v) is 3.06. The number of aromatic nitrogens is 4. The molecule has 0 unspecified atom stereocenters. The van der Waals surface area contributed by atoms with Gasteiger partial charge in [0.2, 0.25) is 5.16 Å². The molecule has 0 bridgehead atoms. The number of carbonyl (C=O) groups is 1. The van der Waals surface area contributed by atoms with Crippen LogP contribution in [0.25, 0.3) is 33.8 Å². The van der Waals surface area contributed by atoms with Crippen molar-refractivity contribution < 1.29 is 14.3 Å². The lowest BCUT2D eigenvalue weighted by Gasteiger charge is -1.98. The van der Waals surface area contributed by atoms with Gasteiger partial charge in [-0.1, -0.05) is 23.9 Å². The maximum Gasteiger partial charge on any atom is 0.313 e. The summed E-state index contributed by atoms with van der Waals surface area (Å²) in [5.74, 6) is 0.532. The van der Waals surface area contributed by atoms with Gasteiger partial charge in [0, 0.05) is 22.7 Å². The van der Waals surface area contributed by atoms with Crippen LogP contribution in [0.15, 0.2) is 46.1 Å². The highest BCUT2D eigenvalue weighted by atomic mass is 32.2. The Balaban J connectivity index is 1.60. The molecule has 8 nitrogen and oxygen atoms in total. The van der Waals surface area contributed by atoms with Gasteiger partial charge in [-0.2, -0.15) is 10.2 Å². The molecule has 0 fully saturated rings. The lowest BCUT2D eigenvalue weighted by atomic mass is 10.1. The number of aliphatic carboxylic acids is 1. The van der Waals surface area contributed by atoms with Gasteiger partial charge in [-0.3, -0.25) is 9.89 Å². The number of nitrogens with one attached hydrogen (secondary N) is 2. The number of furan rings is 1. The van der Waals surface area contributed by atoms with Gasteiger partial charge in [0.05, 0.1) is 11.3 Å². The summed E-state index contributed by atoms with van der Waals surface area (Å²) in [7, 11) is 0. The van der Waals surface area contributed by atoms with Gasteiger partial charge in [0.1, 0.15) is 11.8 Å². The first kappa shape index (κ1) is 16.0. The molecular weight excluding hydrogens is 354 g/mol. The second kappa shape index (κ2) is 6.42. The monoisotopic (exact) mass is 365 g/mol. The van der Waals surface area contributed by atoms with Crippen molar-refractivity contribution in [2.75, 3.05) is 5.75 Å². The van der Waals surface area contributed by atoms with Crippen molar-refractivity contribution in [3.63, 3.8) is 0 Å². The summed E-state index contributed by atoms with van der Waals surface area (Å²) >= 11 is 1.03. The van der Waals surface area contributed by atoms with E-state index in [0.717, 1.165) is 28.2 Å². The van der Waals surface area contributed by atoms with E-state index in [-0.39, 0.29) is 5.75 Å². The molecule has 0 saturated carbocycles. The number of aromatic amines is 2. The topological polar surface area (TPSA) is 132 Å². The average Bonchev–Trinajstić information content (AvgIpc) is 3.37. The molecule has 128 valence electrons. The van der Waals surface area contributed by atoms with Gasteiger partial charge in [-0.15, -0.1) is 5.10 Å². The number of hydrogen-bond donors (Lipinski definition) is 3. The Morgan fingerprint density at radius 3 is 2.96 bits per heavy atom. The summed E-state index contributed by atoms with van der Waals surface area (Å²) < 4.78 is 5.84. The van der Waals surface area contributed by atoms with Crippen molar-refractivity contribution >= 4 is 28.6 Å². The van der Waals surface area contributed by atoms with Crippen LogP contribution in [-0.4, -0.2) is 37.0 Å². The summed E-state index contributed by atoms with van der Waals surface area (Å²) in [5.41, 5.74) is 2.30. The van der Waals surface area contributed by atoms with E-state index >= 15 is 0 Å². The quantitative estimate of drug-likeness (QED) is 0.462. The van der Waals surface area contributed by atoms with Crippen LogP contribution in [0.2, 0.25) is 0 Å².